The molecule has 2 aromatic rings. The van der Waals surface area contributed by atoms with Gasteiger partial charge in [-0.3, -0.25) is 0 Å². The lowest BCUT2D eigenvalue weighted by Gasteiger charge is -1.96. The van der Waals surface area contributed by atoms with Gasteiger partial charge in [0.05, 0.1) is 0 Å². The van der Waals surface area contributed by atoms with Gasteiger partial charge >= 0.3 is 0 Å². The van der Waals surface area contributed by atoms with Gasteiger partial charge in [-0.1, -0.05) is 0 Å². The van der Waals surface area contributed by atoms with Crippen molar-refractivity contribution < 1.29 is 4.73 Å². The molecule has 0 unspecified atom stereocenters. The van der Waals surface area contributed by atoms with Crippen molar-refractivity contribution in [3.63, 3.8) is 0 Å². The molecule has 0 aliphatic rings. The van der Waals surface area contributed by atoms with Crippen LogP contribution in [0.2, 0.25) is 0 Å². The number of imidazole rings is 1. The second-order valence-electron chi connectivity index (χ2n) is 2.06. The van der Waals surface area contributed by atoms with E-state index in [0.29, 0.717) is 10.4 Å². The number of nitrogen functional groups attached to an aromatic ring is 1. The molecule has 0 amide bonds. The summed E-state index contributed by atoms with van der Waals surface area (Å²) in [4.78, 5) is 10.1. The van der Waals surface area contributed by atoms with Crippen LogP contribution in [0.25, 0.3) is 11.2 Å². The van der Waals surface area contributed by atoms with Crippen molar-refractivity contribution in [1.82, 2.24) is 15.0 Å². The van der Waals surface area contributed by atoms with Gasteiger partial charge in [-0.25, -0.2) is 14.7 Å². The van der Waals surface area contributed by atoms with Crippen molar-refractivity contribution in [2.24, 2.45) is 0 Å². The van der Waals surface area contributed by atoms with Crippen molar-refractivity contribution in [1.29, 1.82) is 0 Å². The molecule has 6 nitrogen and oxygen atoms in total. The summed E-state index contributed by atoms with van der Waals surface area (Å²) in [5, 5.41) is 10.9. The van der Waals surface area contributed by atoms with E-state index >= 15 is 0 Å². The van der Waals surface area contributed by atoms with Crippen LogP contribution in [0.5, 0.6) is 0 Å². The minimum absolute atomic E-state index is 0.186. The molecule has 0 bridgehead atoms. The highest BCUT2D eigenvalue weighted by Gasteiger charge is 2.08. The lowest BCUT2D eigenvalue weighted by molar-refractivity contribution is -0.576. The number of fused-ring (bicyclic) bond motifs is 1. The van der Waals surface area contributed by atoms with Crippen LogP contribution in [0.4, 0.5) is 5.82 Å². The topological polar surface area (TPSA) is 94.5 Å². The normalized spacial score (nSPS) is 10.5. The highest BCUT2D eigenvalue weighted by atomic mass is 16.5. The maximum Gasteiger partial charge on any atom is 0.272 e. The predicted octanol–water partition coefficient (Wildman–Crippen LogP) is -0.826. The van der Waals surface area contributed by atoms with Crippen molar-refractivity contribution in [3.8, 4) is 0 Å². The van der Waals surface area contributed by atoms with Gasteiger partial charge in [-0.2, -0.15) is 4.98 Å². The van der Waals surface area contributed by atoms with Gasteiger partial charge in [0.2, 0.25) is 11.8 Å². The molecule has 0 spiro atoms. The molecule has 0 saturated carbocycles. The summed E-state index contributed by atoms with van der Waals surface area (Å²) in [7, 11) is 0. The van der Waals surface area contributed by atoms with E-state index in [0.717, 1.165) is 0 Å². The first-order valence-corrected chi connectivity index (χ1v) is 2.96. The van der Waals surface area contributed by atoms with Crippen LogP contribution in [-0.2, 0) is 0 Å². The zero-order valence-electron chi connectivity index (χ0n) is 5.48. The van der Waals surface area contributed by atoms with E-state index in [2.05, 4.69) is 15.0 Å². The van der Waals surface area contributed by atoms with Crippen molar-refractivity contribution in [2.75, 3.05) is 5.73 Å². The highest BCUT2D eigenvalue weighted by molar-refractivity contribution is 5.76. The van der Waals surface area contributed by atoms with Crippen LogP contribution in [0.1, 0.15) is 0 Å². The lowest BCUT2D eigenvalue weighted by atomic mass is 10.5. The average molecular weight is 151 g/mol. The first kappa shape index (κ1) is 5.90. The molecule has 2 aromatic heterocycles. The number of nitrogens with two attached hydrogens (primary N) is 1. The first-order valence-electron chi connectivity index (χ1n) is 2.96. The van der Waals surface area contributed by atoms with Gasteiger partial charge in [0, 0.05) is 0 Å². The van der Waals surface area contributed by atoms with Gasteiger partial charge in [0.25, 0.3) is 5.65 Å². The molecule has 0 aliphatic heterocycles. The molecule has 0 aliphatic carbocycles. The Morgan fingerprint density at radius 2 is 2.36 bits per heavy atom. The number of hydrogen-bond donors (Lipinski definition) is 2. The van der Waals surface area contributed by atoms with Gasteiger partial charge in [0.1, 0.15) is 6.33 Å². The van der Waals surface area contributed by atoms with Crippen molar-refractivity contribution >= 4 is 17.0 Å². The molecule has 2 rings (SSSR count). The molecule has 56 valence electrons. The predicted molar refractivity (Wildman–Crippen MR) is 37.3 cm³/mol. The second kappa shape index (κ2) is 1.82. The third kappa shape index (κ3) is 0.689. The van der Waals surface area contributed by atoms with Crippen LogP contribution in [0.3, 0.4) is 0 Å². The first-order chi connectivity index (χ1) is 5.29. The third-order valence-electron chi connectivity index (χ3n) is 1.39. The van der Waals surface area contributed by atoms with Gasteiger partial charge in [-0.05, 0) is 0 Å². The summed E-state index contributed by atoms with van der Waals surface area (Å²) in [6.45, 7) is 0. The van der Waals surface area contributed by atoms with Crippen LogP contribution in [0.15, 0.2) is 12.7 Å². The Kier molecular flexibility index (Phi) is 0.974. The number of hydrogen-bond acceptors (Lipinski definition) is 4. The van der Waals surface area contributed by atoms with E-state index in [9.17, 15) is 5.21 Å². The largest absolute Gasteiger partial charge is 0.710 e. The Morgan fingerprint density at radius 3 is 3.09 bits per heavy atom. The highest BCUT2D eigenvalue weighted by Crippen LogP contribution is 2.07. The van der Waals surface area contributed by atoms with Crippen molar-refractivity contribution in [3.05, 3.63) is 17.9 Å². The Balaban J connectivity index is 2.96. The standard InChI is InChI=1S/C5H5N5O/c6-4-3-5(8-1-7-4)9-2-10(3)11/h1-2H,(H3,6,7,8,9). The number of aromatic amines is 1. The average Bonchev–Trinajstić information content (AvgIpc) is 2.34. The fourth-order valence-corrected chi connectivity index (χ4v) is 0.900. The summed E-state index contributed by atoms with van der Waals surface area (Å²) in [6.07, 6.45) is 2.53. The fraction of sp³-hybridized carbons (Fsp3) is 0. The molecular formula is C5H5N5O. The lowest BCUT2D eigenvalue weighted by Crippen LogP contribution is -2.24. The van der Waals surface area contributed by atoms with E-state index in [1.807, 2.05) is 0 Å². The monoisotopic (exact) mass is 151 g/mol. The van der Waals surface area contributed by atoms with E-state index in [1.165, 1.54) is 12.7 Å². The maximum absolute atomic E-state index is 10.9. The molecule has 0 atom stereocenters. The number of anilines is 1. The molecule has 3 N–H and O–H groups in total. The Labute approximate surface area is 61.3 Å². The van der Waals surface area contributed by atoms with Crippen LogP contribution in [0, 0.1) is 5.21 Å². The van der Waals surface area contributed by atoms with Gasteiger partial charge in [-0.15, -0.1) is 0 Å². The van der Waals surface area contributed by atoms with E-state index in [-0.39, 0.29) is 11.3 Å². The van der Waals surface area contributed by atoms with E-state index < -0.39 is 0 Å². The summed E-state index contributed by atoms with van der Waals surface area (Å²) < 4.78 is 0.602. The number of aromatic nitrogens is 4. The van der Waals surface area contributed by atoms with Crippen LogP contribution >= 0.6 is 0 Å². The zero-order chi connectivity index (χ0) is 7.84. The molecule has 0 saturated heterocycles. The number of H-pyrrole nitrogens is 1. The minimum atomic E-state index is 0.186. The zero-order valence-corrected chi connectivity index (χ0v) is 5.48. The maximum atomic E-state index is 10.9. The summed E-state index contributed by atoms with van der Waals surface area (Å²) in [5.74, 6) is 0.186. The van der Waals surface area contributed by atoms with Crippen LogP contribution in [-0.4, -0.2) is 15.0 Å². The summed E-state index contributed by atoms with van der Waals surface area (Å²) in [5.41, 5.74) is 6.15. The Bertz CT molecular complexity index is 395. The smallest absolute Gasteiger partial charge is 0.272 e. The fourth-order valence-electron chi connectivity index (χ4n) is 0.900. The van der Waals surface area contributed by atoms with Crippen LogP contribution < -0.4 is 10.5 Å². The molecule has 0 fully saturated rings. The van der Waals surface area contributed by atoms with E-state index in [4.69, 9.17) is 5.73 Å². The molecule has 0 aromatic carbocycles. The third-order valence-corrected chi connectivity index (χ3v) is 1.39. The summed E-state index contributed by atoms with van der Waals surface area (Å²) in [6, 6.07) is 0. The Hall–Kier alpha value is -1.85. The van der Waals surface area contributed by atoms with E-state index in [1.54, 1.807) is 0 Å². The number of nitrogens with zero attached hydrogens (tertiary/aromatic N) is 3. The van der Waals surface area contributed by atoms with Gasteiger partial charge < -0.3 is 10.9 Å². The molecular weight excluding hydrogens is 146 g/mol. The molecule has 0 radical (unpaired) electrons. The molecule has 11 heavy (non-hydrogen) atoms. The van der Waals surface area contributed by atoms with Gasteiger partial charge in [0.15, 0.2) is 5.82 Å². The molecule has 6 heteroatoms. The van der Waals surface area contributed by atoms with Crippen molar-refractivity contribution in [2.45, 2.75) is 0 Å². The second-order valence-corrected chi connectivity index (χ2v) is 2.06. The Morgan fingerprint density at radius 1 is 1.55 bits per heavy atom. The quantitative estimate of drug-likeness (QED) is 0.379. The minimum Gasteiger partial charge on any atom is -0.710 e. The SMILES string of the molecule is Nc1ncnc2[nH]c[n+]([O-])c12. The number of nitrogens with one attached hydrogen (secondary N) is 1. The summed E-state index contributed by atoms with van der Waals surface area (Å²) >= 11 is 0. The number of rotatable bonds is 0. The molecule has 2 heterocycles.